The van der Waals surface area contributed by atoms with Crippen LogP contribution in [-0.2, 0) is 101 Å². The fourth-order valence-electron chi connectivity index (χ4n) is 17.2. The van der Waals surface area contributed by atoms with Crippen molar-refractivity contribution in [3.63, 3.8) is 0 Å². The minimum atomic E-state index is 0. The third kappa shape index (κ3) is 21.3. The van der Waals surface area contributed by atoms with Gasteiger partial charge in [0.1, 0.15) is 0 Å². The van der Waals surface area contributed by atoms with Crippen LogP contribution in [0.15, 0.2) is 320 Å². The maximum absolute atomic E-state index is 4.74. The summed E-state index contributed by atoms with van der Waals surface area (Å²) in [7, 11) is 0. The Bertz CT molecular complexity index is 7870. The third-order valence-corrected chi connectivity index (χ3v) is 27.1. The van der Waals surface area contributed by atoms with Gasteiger partial charge in [-0.05, 0) is 190 Å². The number of benzene rings is 13. The average Bonchev–Trinajstić information content (AvgIpc) is 1.41. The minimum Gasteiger partial charge on any atom is -0.340 e. The molecule has 5 radical (unpaired) electrons. The van der Waals surface area contributed by atoms with Crippen LogP contribution in [0.4, 0.5) is 0 Å². The number of hydrogen-bond acceptors (Lipinski definition) is 15. The van der Waals surface area contributed by atoms with Crippen molar-refractivity contribution in [2.75, 3.05) is 0 Å². The molecule has 23 rings (SSSR count). The summed E-state index contributed by atoms with van der Waals surface area (Å²) >= 11 is 8.20. The zero-order chi connectivity index (χ0) is 89.8. The first kappa shape index (κ1) is 101. The largest absolute Gasteiger partial charge is 0.340 e. The molecule has 0 aliphatic rings. The number of fused-ring (bicyclic) bond motifs is 5. The summed E-state index contributed by atoms with van der Waals surface area (Å²) in [5.41, 5.74) is 43.6. The fourth-order valence-corrected chi connectivity index (χ4v) is 20.7. The Balaban J connectivity index is 0.000000136. The van der Waals surface area contributed by atoms with E-state index < -0.39 is 0 Å². The van der Waals surface area contributed by atoms with Crippen LogP contribution >= 0.6 is 56.7 Å². The summed E-state index contributed by atoms with van der Waals surface area (Å²) in [5.74, 6) is 5.38. The molecule has 0 atom stereocenters. The zero-order valence-electron chi connectivity index (χ0n) is 75.7. The van der Waals surface area contributed by atoms with Gasteiger partial charge >= 0.3 is 0 Å². The quantitative estimate of drug-likeness (QED) is 0.0906. The van der Waals surface area contributed by atoms with Gasteiger partial charge in [0.05, 0.1) is 62.4 Å². The molecule has 0 N–H and O–H groups in total. The maximum atomic E-state index is 4.74. The summed E-state index contributed by atoms with van der Waals surface area (Å²) in [5, 5.41) is 0. The van der Waals surface area contributed by atoms with E-state index in [1.807, 2.05) is 132 Å². The molecule has 13 aromatic carbocycles. The Morgan fingerprint density at radius 3 is 0.801 bits per heavy atom. The van der Waals surface area contributed by atoms with Crippen LogP contribution < -0.4 is 0 Å². The summed E-state index contributed by atoms with van der Waals surface area (Å²) in [6, 6.07) is 96.9. The van der Waals surface area contributed by atoms with Crippen molar-refractivity contribution in [2.24, 2.45) is 0 Å². The van der Waals surface area contributed by atoms with Crippen LogP contribution in [-0.4, -0.2) is 72.7 Å². The molecule has 15 nitrogen and oxygen atoms in total. The molecule has 0 aliphatic heterocycles. The Morgan fingerprint density at radius 1 is 0.243 bits per heavy atom. The second-order valence-corrected chi connectivity index (χ2v) is 37.1. The second kappa shape index (κ2) is 45.3. The van der Waals surface area contributed by atoms with E-state index in [0.717, 1.165) is 125 Å². The molecule has 0 bridgehead atoms. The van der Waals surface area contributed by atoms with Gasteiger partial charge in [-0.1, -0.05) is 191 Å². The molecular weight excluding hydrogens is 2660 g/mol. The topological polar surface area (TPSA) is 154 Å². The van der Waals surface area contributed by atoms with Crippen molar-refractivity contribution < 1.29 is 101 Å². The third-order valence-electron chi connectivity index (χ3n) is 23.2. The van der Waals surface area contributed by atoms with Crippen LogP contribution in [0.2, 0.25) is 0 Å². The first-order valence-corrected chi connectivity index (χ1v) is 47.5. The van der Waals surface area contributed by atoms with Gasteiger partial charge in [-0.3, -0.25) is 49.8 Å². The van der Waals surface area contributed by atoms with Crippen molar-refractivity contribution >= 4 is 108 Å². The van der Waals surface area contributed by atoms with Gasteiger partial charge in [0.2, 0.25) is 0 Å². The first-order chi connectivity index (χ1) is 64.0. The van der Waals surface area contributed by atoms with E-state index in [0.29, 0.717) is 11.8 Å². The number of thiazole rings is 5. The monoisotopic (exact) mass is 2760 g/mol. The van der Waals surface area contributed by atoms with E-state index in [2.05, 4.69) is 362 Å². The molecule has 10 heterocycles. The number of imidazole rings is 5. The first-order valence-electron chi connectivity index (χ1n) is 43.1. The number of hydrogen-bond donors (Lipinski definition) is 0. The standard InChI is InChI=1S/C28H18N3S.C24H18N3S.C22H22N3S.C19H16N3S.C18H14N3S.5Ir/c1-3-8-20(9-4-1)23-12-7-13-24(21-10-5-2-6-11-21)27(23)31-17-16-29-28(31)22-14-15-25-26(18-22)32-19-30-25;1-16-12-20(18-6-4-3-5-7-18)13-17(2)23(16)27-11-10-25-24(27)19-8-9-21-22(14-19)28-15-26-21;1-14(2)17-6-5-7-18(15(3)4)21(17)25-11-10-23-22(25)16-8-9-19-20(12-16)26-13-24-19;1-12-8-13(2)18(14(3)9-12)22-7-6-20-19(22)15-4-5-16-17(10-15)23-11-21-16;1-12-4-3-5-13(2)17(12)21-9-8-19-18(21)14-6-7-15-16(10-14)22-11-20-15;;;;;/h1-13,15-19H;3-7,9-15H,1-2H3;5-7,9-15H,1-4H3;5-11H,1-3H3;3-5,7-11H,1-2H3;;;;;/q5*-1;;;;;. The van der Waals surface area contributed by atoms with Crippen molar-refractivity contribution in [1.29, 1.82) is 0 Å². The van der Waals surface area contributed by atoms with Crippen LogP contribution in [0.1, 0.15) is 89.6 Å². The Labute approximate surface area is 878 Å². The summed E-state index contributed by atoms with van der Waals surface area (Å²) in [4.78, 5) is 44.9. The molecule has 0 aliphatic carbocycles. The smallest absolute Gasteiger partial charge is 0.0674 e. The Hall–Kier alpha value is -11.4. The van der Waals surface area contributed by atoms with Crippen molar-refractivity contribution in [3.8, 4) is 119 Å². The summed E-state index contributed by atoms with van der Waals surface area (Å²) in [6.45, 7) is 24.0. The predicted molar refractivity (Wildman–Crippen MR) is 543 cm³/mol. The molecule has 0 saturated carbocycles. The molecule has 687 valence electrons. The molecule has 10 aromatic heterocycles. The average molecular weight is 2750 g/mol. The molecular formula is C111H88Ir5N15S5-5. The second-order valence-electron chi connectivity index (χ2n) is 32.7. The fraction of sp³-hybridized carbons (Fsp3) is 0.117. The SMILES string of the molecule is CC(C)c1cccc(C(C)C)c1-n1ccnc1-c1[c-]cc2ncsc2c1.Cc1cc(-c2ccccc2)cc(C)c1-n1ccnc1-c1[c-]cc2ncsc2c1.Cc1cc(C)c(-n2ccnc2-c2[c-]cc3ncsc3c2)c(C)c1.Cc1cccc(C)c1-n1ccnc1-c1[c-]cc2ncsc2c1.[Ir].[Ir].[Ir].[Ir].[Ir].[c-]1cc2ncsc2cc1-c1nccn1-c1c(-c2ccccc2)cccc1-c1ccccc1. The van der Waals surface area contributed by atoms with Gasteiger partial charge in [-0.15, -0.1) is 175 Å². The zero-order valence-corrected chi connectivity index (χ0v) is 91.7. The molecule has 25 heteroatoms. The maximum Gasteiger partial charge on any atom is 0.0674 e. The number of para-hydroxylation sites is 3. The van der Waals surface area contributed by atoms with Crippen LogP contribution in [0, 0.1) is 78.8 Å². The molecule has 0 fully saturated rings. The van der Waals surface area contributed by atoms with E-state index in [9.17, 15) is 0 Å². The van der Waals surface area contributed by atoms with Gasteiger partial charge < -0.3 is 22.8 Å². The van der Waals surface area contributed by atoms with Gasteiger partial charge in [0.25, 0.3) is 0 Å². The molecule has 136 heavy (non-hydrogen) atoms. The van der Waals surface area contributed by atoms with Crippen LogP contribution in [0.3, 0.4) is 0 Å². The normalized spacial score (nSPS) is 10.9. The number of aromatic nitrogens is 15. The predicted octanol–water partition coefficient (Wildman–Crippen LogP) is 29.1. The molecule has 23 aromatic rings. The summed E-state index contributed by atoms with van der Waals surface area (Å²) in [6.07, 6.45) is 19.4. The van der Waals surface area contributed by atoms with Gasteiger partial charge in [0, 0.05) is 196 Å². The Kier molecular flexibility index (Phi) is 33.5. The number of nitrogens with zero attached hydrogens (tertiary/aromatic N) is 15. The van der Waals surface area contributed by atoms with E-state index in [1.54, 1.807) is 56.7 Å². The van der Waals surface area contributed by atoms with Crippen molar-refractivity contribution in [1.82, 2.24) is 72.7 Å². The molecule has 0 spiro atoms. The summed E-state index contributed by atoms with van der Waals surface area (Å²) < 4.78 is 16.6. The minimum absolute atomic E-state index is 0. The number of rotatable bonds is 15. The van der Waals surface area contributed by atoms with E-state index >= 15 is 0 Å². The van der Waals surface area contributed by atoms with Crippen LogP contribution in [0.25, 0.3) is 170 Å². The van der Waals surface area contributed by atoms with Gasteiger partial charge in [-0.2, -0.15) is 0 Å². The van der Waals surface area contributed by atoms with Crippen molar-refractivity contribution in [2.45, 2.75) is 88.0 Å². The van der Waals surface area contributed by atoms with Gasteiger partial charge in [0.15, 0.2) is 0 Å². The van der Waals surface area contributed by atoms with Crippen LogP contribution in [0.5, 0.6) is 0 Å². The number of aryl methyl sites for hydroxylation is 7. The molecule has 0 amide bonds. The van der Waals surface area contributed by atoms with Gasteiger partial charge in [-0.25, -0.2) is 0 Å². The Morgan fingerprint density at radius 2 is 0.500 bits per heavy atom. The molecule has 0 unspecified atom stereocenters. The van der Waals surface area contributed by atoms with E-state index in [-0.39, 0.29) is 101 Å². The van der Waals surface area contributed by atoms with E-state index in [1.165, 1.54) is 95.1 Å². The van der Waals surface area contributed by atoms with E-state index in [4.69, 9.17) is 4.98 Å². The molecule has 0 saturated heterocycles. The van der Waals surface area contributed by atoms with Crippen molar-refractivity contribution in [3.05, 3.63) is 400 Å².